The van der Waals surface area contributed by atoms with Crippen molar-refractivity contribution in [3.05, 3.63) is 19.5 Å². The number of halogens is 3. The summed E-state index contributed by atoms with van der Waals surface area (Å²) in [5.74, 6) is 0. The summed E-state index contributed by atoms with van der Waals surface area (Å²) in [6.07, 6.45) is 0. The van der Waals surface area contributed by atoms with Gasteiger partial charge in [0.1, 0.15) is 0 Å². The summed E-state index contributed by atoms with van der Waals surface area (Å²) in [4.78, 5) is 0. The van der Waals surface area contributed by atoms with Crippen LogP contribution in [-0.4, -0.2) is 19.8 Å². The second kappa shape index (κ2) is 3.08. The van der Waals surface area contributed by atoms with Crippen LogP contribution in [0.25, 0.3) is 5.65 Å². The molecule has 2 heterocycles. The van der Waals surface area contributed by atoms with Gasteiger partial charge in [-0.1, -0.05) is 11.6 Å². The van der Waals surface area contributed by atoms with Crippen molar-refractivity contribution in [1.29, 1.82) is 0 Å². The fraction of sp³-hybridized carbons (Fsp3) is 0. The average Bonchev–Trinajstić information content (AvgIpc) is 2.33. The third-order valence-electron chi connectivity index (χ3n) is 1.26. The van der Waals surface area contributed by atoms with Gasteiger partial charge in [0.25, 0.3) is 0 Å². The van der Waals surface area contributed by atoms with Gasteiger partial charge in [-0.05, 0) is 22.0 Å². The van der Waals surface area contributed by atoms with Crippen molar-refractivity contribution in [2.75, 3.05) is 0 Å². The van der Waals surface area contributed by atoms with Gasteiger partial charge in [-0.15, -0.1) is 10.2 Å². The summed E-state index contributed by atoms with van der Waals surface area (Å²) < 4.78 is 3.05. The Balaban J connectivity index is 2.92. The van der Waals surface area contributed by atoms with Crippen LogP contribution in [0.3, 0.4) is 0 Å². The van der Waals surface area contributed by atoms with Crippen LogP contribution in [0.15, 0.2) is 10.5 Å². The minimum absolute atomic E-state index is 0.409. The zero-order valence-electron chi connectivity index (χ0n) is 5.50. The highest BCUT2D eigenvalue weighted by molar-refractivity contribution is 14.1. The molecule has 0 N–H and O–H groups in total. The molecule has 7 heteroatoms. The van der Waals surface area contributed by atoms with E-state index in [4.69, 9.17) is 11.6 Å². The van der Waals surface area contributed by atoms with Gasteiger partial charge in [0.15, 0.2) is 10.8 Å². The number of nitrogens with zero attached hydrogens (tertiary/aromatic N) is 4. The van der Waals surface area contributed by atoms with E-state index >= 15 is 0 Å². The van der Waals surface area contributed by atoms with E-state index in [9.17, 15) is 0 Å². The third kappa shape index (κ3) is 1.31. The molecule has 0 aliphatic heterocycles. The minimum Gasteiger partial charge on any atom is -0.185 e. The quantitative estimate of drug-likeness (QED) is 0.677. The number of aromatic nitrogens is 4. The summed E-state index contributed by atoms with van der Waals surface area (Å²) in [7, 11) is 0. The van der Waals surface area contributed by atoms with Crippen molar-refractivity contribution in [3.63, 3.8) is 0 Å². The summed E-state index contributed by atoms with van der Waals surface area (Å²) in [6, 6.07) is 1.68. The van der Waals surface area contributed by atoms with Crippen LogP contribution in [-0.2, 0) is 0 Å². The lowest BCUT2D eigenvalue weighted by atomic mass is 10.6. The molecule has 2 aromatic rings. The average molecular weight is 359 g/mol. The number of hydrogen-bond acceptors (Lipinski definition) is 3. The molecule has 0 aliphatic carbocycles. The molecule has 2 aromatic heterocycles. The Kier molecular flexibility index (Phi) is 2.21. The van der Waals surface area contributed by atoms with Gasteiger partial charge in [-0.2, -0.15) is 9.61 Å². The Labute approximate surface area is 94.6 Å². The first-order chi connectivity index (χ1) is 5.68. The van der Waals surface area contributed by atoms with Crippen molar-refractivity contribution < 1.29 is 0 Å². The van der Waals surface area contributed by atoms with Crippen LogP contribution in [0.2, 0.25) is 5.15 Å². The first-order valence-electron chi connectivity index (χ1n) is 2.91. The predicted octanol–water partition coefficient (Wildman–Crippen LogP) is 2.14. The van der Waals surface area contributed by atoms with Crippen molar-refractivity contribution in [2.24, 2.45) is 0 Å². The normalized spacial score (nSPS) is 10.9. The lowest BCUT2D eigenvalue weighted by Gasteiger charge is -1.95. The molecule has 0 aromatic carbocycles. The summed E-state index contributed by atoms with van der Waals surface area (Å²) in [6.45, 7) is 0. The number of hydrogen-bond donors (Lipinski definition) is 0. The molecule has 0 unspecified atom stereocenters. The minimum atomic E-state index is 0.409. The van der Waals surface area contributed by atoms with Crippen LogP contribution >= 0.6 is 50.1 Å². The Morgan fingerprint density at radius 1 is 1.50 bits per heavy atom. The second-order valence-electron chi connectivity index (χ2n) is 2.02. The number of rotatable bonds is 0. The maximum Gasteiger partial charge on any atom is 0.215 e. The van der Waals surface area contributed by atoms with E-state index in [1.165, 1.54) is 0 Å². The second-order valence-corrected chi connectivity index (χ2v) is 4.23. The fourth-order valence-corrected chi connectivity index (χ4v) is 2.02. The highest BCUT2D eigenvalue weighted by Gasteiger charge is 2.07. The van der Waals surface area contributed by atoms with Crippen molar-refractivity contribution in [3.8, 4) is 0 Å². The van der Waals surface area contributed by atoms with E-state index in [0.717, 1.165) is 4.47 Å². The molecule has 12 heavy (non-hydrogen) atoms. The third-order valence-corrected chi connectivity index (χ3v) is 2.70. The first-order valence-corrected chi connectivity index (χ1v) is 5.16. The first kappa shape index (κ1) is 8.64. The Morgan fingerprint density at radius 3 is 3.00 bits per heavy atom. The van der Waals surface area contributed by atoms with Gasteiger partial charge in [0, 0.05) is 22.6 Å². The summed E-state index contributed by atoms with van der Waals surface area (Å²) in [5.41, 5.74) is 0.670. The molecular formula is C5HBrClIN4. The lowest BCUT2D eigenvalue weighted by molar-refractivity contribution is 0.892. The van der Waals surface area contributed by atoms with Crippen LogP contribution in [0.1, 0.15) is 0 Å². The molecule has 4 nitrogen and oxygen atoms in total. The molecule has 0 atom stereocenters. The van der Waals surface area contributed by atoms with E-state index in [-0.39, 0.29) is 0 Å². The monoisotopic (exact) mass is 358 g/mol. The van der Waals surface area contributed by atoms with Crippen LogP contribution in [0.4, 0.5) is 0 Å². The smallest absolute Gasteiger partial charge is 0.185 e. The molecule has 0 aliphatic rings. The maximum absolute atomic E-state index is 5.73. The predicted molar refractivity (Wildman–Crippen MR) is 56.2 cm³/mol. The topological polar surface area (TPSA) is 43.1 Å². The molecule has 62 valence electrons. The molecule has 0 fully saturated rings. The molecule has 2 rings (SSSR count). The van der Waals surface area contributed by atoms with Crippen LogP contribution in [0.5, 0.6) is 0 Å². The largest absolute Gasteiger partial charge is 0.215 e. The highest BCUT2D eigenvalue weighted by Crippen LogP contribution is 2.19. The van der Waals surface area contributed by atoms with Gasteiger partial charge >= 0.3 is 0 Å². The zero-order chi connectivity index (χ0) is 8.72. The highest BCUT2D eigenvalue weighted by atomic mass is 127. The van der Waals surface area contributed by atoms with E-state index < -0.39 is 0 Å². The van der Waals surface area contributed by atoms with E-state index in [0.29, 0.717) is 14.6 Å². The molecule has 0 radical (unpaired) electrons. The maximum atomic E-state index is 5.73. The summed E-state index contributed by atoms with van der Waals surface area (Å²) >= 11 is 11.1. The van der Waals surface area contributed by atoms with Crippen LogP contribution in [0, 0.1) is 3.83 Å². The van der Waals surface area contributed by atoms with Gasteiger partial charge in [-0.25, -0.2) is 0 Å². The molecular weight excluding hydrogens is 358 g/mol. The molecule has 0 saturated heterocycles. The molecule has 0 saturated carbocycles. The zero-order valence-corrected chi connectivity index (χ0v) is 10.00. The van der Waals surface area contributed by atoms with Crippen molar-refractivity contribution >= 4 is 55.8 Å². The summed E-state index contributed by atoms with van der Waals surface area (Å²) in [5, 5.41) is 12.2. The standard InChI is InChI=1S/C5HBrClIN4/c6-2-1-3(7)11-12-4(2)9-10-5(12)8/h1H. The Hall–Kier alpha value is 0.0500. The van der Waals surface area contributed by atoms with Gasteiger partial charge < -0.3 is 0 Å². The fourth-order valence-electron chi connectivity index (χ4n) is 0.792. The van der Waals surface area contributed by atoms with Gasteiger partial charge in [0.05, 0.1) is 4.47 Å². The van der Waals surface area contributed by atoms with Crippen molar-refractivity contribution in [1.82, 2.24) is 19.8 Å². The Morgan fingerprint density at radius 2 is 2.25 bits per heavy atom. The van der Waals surface area contributed by atoms with E-state index in [2.05, 4.69) is 31.2 Å². The van der Waals surface area contributed by atoms with Crippen molar-refractivity contribution in [2.45, 2.75) is 0 Å². The lowest BCUT2D eigenvalue weighted by Crippen LogP contribution is -1.94. The van der Waals surface area contributed by atoms with E-state index in [1.807, 2.05) is 22.6 Å². The number of fused-ring (bicyclic) bond motifs is 1. The van der Waals surface area contributed by atoms with E-state index in [1.54, 1.807) is 10.6 Å². The van der Waals surface area contributed by atoms with Gasteiger partial charge in [-0.3, -0.25) is 0 Å². The molecule has 0 spiro atoms. The molecule has 0 bridgehead atoms. The van der Waals surface area contributed by atoms with Crippen LogP contribution < -0.4 is 0 Å². The molecule has 0 amide bonds. The Bertz CT molecular complexity index is 442. The SMILES string of the molecule is Clc1cc(Br)c2nnc(I)n2n1. The van der Waals surface area contributed by atoms with Gasteiger partial charge in [0.2, 0.25) is 3.83 Å².